The molecule has 17 heavy (non-hydrogen) atoms. The van der Waals surface area contributed by atoms with Crippen LogP contribution in [0.25, 0.3) is 11.0 Å². The molecule has 0 atom stereocenters. The number of halogens is 2. The quantitative estimate of drug-likeness (QED) is 0.894. The maximum atomic E-state index is 13.6. The Bertz CT molecular complexity index is 521. The topological polar surface area (TPSA) is 25.2 Å². The molecule has 0 saturated heterocycles. The van der Waals surface area contributed by atoms with E-state index in [1.165, 1.54) is 0 Å². The summed E-state index contributed by atoms with van der Waals surface area (Å²) in [4.78, 5) is 0. The summed E-state index contributed by atoms with van der Waals surface area (Å²) in [6.45, 7) is 5.76. The highest BCUT2D eigenvalue weighted by Gasteiger charge is 2.11. The second kappa shape index (κ2) is 5.07. The minimum absolute atomic E-state index is 0.0912. The zero-order valence-corrected chi connectivity index (χ0v) is 10.6. The second-order valence-corrected chi connectivity index (χ2v) is 4.92. The maximum Gasteiger partial charge on any atom is 0.184 e. The van der Waals surface area contributed by atoms with Gasteiger partial charge in [0.05, 0.1) is 11.6 Å². The fourth-order valence-corrected chi connectivity index (χ4v) is 1.82. The van der Waals surface area contributed by atoms with Crippen molar-refractivity contribution in [3.63, 3.8) is 0 Å². The van der Waals surface area contributed by atoms with Gasteiger partial charge in [0.1, 0.15) is 5.76 Å². The first kappa shape index (κ1) is 12.4. The molecular weight excluding hydrogens is 241 g/mol. The van der Waals surface area contributed by atoms with Crippen LogP contribution in [0.5, 0.6) is 0 Å². The smallest absolute Gasteiger partial charge is 0.184 e. The summed E-state index contributed by atoms with van der Waals surface area (Å²) in [6, 6.07) is 5.14. The van der Waals surface area contributed by atoms with Crippen LogP contribution in [-0.2, 0) is 6.54 Å². The number of furan rings is 1. The molecule has 2 aromatic rings. The van der Waals surface area contributed by atoms with Crippen LogP contribution >= 0.6 is 11.6 Å². The summed E-state index contributed by atoms with van der Waals surface area (Å²) in [5, 5.41) is 4.08. The predicted octanol–water partition coefficient (Wildman–Crippen LogP) is 3.97. The van der Waals surface area contributed by atoms with E-state index >= 15 is 0 Å². The summed E-state index contributed by atoms with van der Waals surface area (Å²) in [6.07, 6.45) is 0. The molecule has 92 valence electrons. The molecular formula is C13H15ClFNO. The van der Waals surface area contributed by atoms with Crippen LogP contribution in [0.3, 0.4) is 0 Å². The van der Waals surface area contributed by atoms with Crippen molar-refractivity contribution < 1.29 is 8.81 Å². The number of fused-ring (bicyclic) bond motifs is 1. The van der Waals surface area contributed by atoms with Crippen LogP contribution < -0.4 is 5.32 Å². The van der Waals surface area contributed by atoms with E-state index in [4.69, 9.17) is 16.0 Å². The second-order valence-electron chi connectivity index (χ2n) is 4.52. The van der Waals surface area contributed by atoms with Gasteiger partial charge < -0.3 is 9.73 Å². The fraction of sp³-hybridized carbons (Fsp3) is 0.385. The normalized spacial score (nSPS) is 11.6. The largest absolute Gasteiger partial charge is 0.457 e. The Balaban J connectivity index is 2.17. The van der Waals surface area contributed by atoms with Crippen LogP contribution in [0.1, 0.15) is 19.6 Å². The average Bonchev–Trinajstić information content (AvgIpc) is 2.67. The van der Waals surface area contributed by atoms with Gasteiger partial charge in [0.25, 0.3) is 0 Å². The molecule has 0 amide bonds. The van der Waals surface area contributed by atoms with Crippen LogP contribution in [0.4, 0.5) is 4.39 Å². The van der Waals surface area contributed by atoms with Crippen molar-refractivity contribution in [3.05, 3.63) is 34.8 Å². The van der Waals surface area contributed by atoms with Gasteiger partial charge in [-0.25, -0.2) is 4.39 Å². The van der Waals surface area contributed by atoms with E-state index in [0.717, 1.165) is 17.7 Å². The molecule has 1 heterocycles. The lowest BCUT2D eigenvalue weighted by Gasteiger charge is -2.04. The maximum absolute atomic E-state index is 13.6. The standard InChI is InChI=1S/C13H15ClFNO/c1-8(2)6-16-7-10-5-9-3-4-11(14)12(15)13(9)17-10/h3-5,8,16H,6-7H2,1-2H3. The highest BCUT2D eigenvalue weighted by Crippen LogP contribution is 2.27. The van der Waals surface area contributed by atoms with Crippen molar-refractivity contribution in [2.75, 3.05) is 6.54 Å². The van der Waals surface area contributed by atoms with E-state index < -0.39 is 5.82 Å². The lowest BCUT2D eigenvalue weighted by Crippen LogP contribution is -2.18. The van der Waals surface area contributed by atoms with Crippen molar-refractivity contribution in [1.82, 2.24) is 5.32 Å². The van der Waals surface area contributed by atoms with Gasteiger partial charge in [-0.3, -0.25) is 0 Å². The van der Waals surface area contributed by atoms with Crippen molar-refractivity contribution in [3.8, 4) is 0 Å². The molecule has 0 aliphatic heterocycles. The highest BCUT2D eigenvalue weighted by molar-refractivity contribution is 6.31. The van der Waals surface area contributed by atoms with Crippen LogP contribution in [0.2, 0.25) is 5.02 Å². The Labute approximate surface area is 105 Å². The Morgan fingerprint density at radius 2 is 2.18 bits per heavy atom. The molecule has 0 aliphatic rings. The first-order chi connectivity index (χ1) is 8.08. The number of nitrogens with one attached hydrogen (secondary N) is 1. The van der Waals surface area contributed by atoms with E-state index in [9.17, 15) is 4.39 Å². The zero-order valence-electron chi connectivity index (χ0n) is 9.89. The Hall–Kier alpha value is -1.06. The van der Waals surface area contributed by atoms with Crippen LogP contribution in [0.15, 0.2) is 22.6 Å². The van der Waals surface area contributed by atoms with Crippen LogP contribution in [0, 0.1) is 11.7 Å². The molecule has 1 N–H and O–H groups in total. The van der Waals surface area contributed by atoms with Crippen molar-refractivity contribution in [2.24, 2.45) is 5.92 Å². The fourth-order valence-electron chi connectivity index (χ4n) is 1.67. The minimum atomic E-state index is -0.487. The molecule has 0 unspecified atom stereocenters. The third-order valence-electron chi connectivity index (χ3n) is 2.48. The number of benzene rings is 1. The van der Waals surface area contributed by atoms with Gasteiger partial charge in [0.15, 0.2) is 11.4 Å². The molecule has 4 heteroatoms. The van der Waals surface area contributed by atoms with Gasteiger partial charge >= 0.3 is 0 Å². The van der Waals surface area contributed by atoms with Gasteiger partial charge in [-0.15, -0.1) is 0 Å². The summed E-state index contributed by atoms with van der Waals surface area (Å²) < 4.78 is 19.1. The van der Waals surface area contributed by atoms with Gasteiger partial charge in [0, 0.05) is 5.39 Å². The van der Waals surface area contributed by atoms with E-state index in [-0.39, 0.29) is 10.6 Å². The zero-order chi connectivity index (χ0) is 12.4. The Morgan fingerprint density at radius 1 is 1.41 bits per heavy atom. The number of hydrogen-bond acceptors (Lipinski definition) is 2. The first-order valence-corrected chi connectivity index (χ1v) is 6.03. The third kappa shape index (κ3) is 2.79. The van der Waals surface area contributed by atoms with Gasteiger partial charge in [0.2, 0.25) is 0 Å². The molecule has 0 fully saturated rings. The predicted molar refractivity (Wildman–Crippen MR) is 67.7 cm³/mol. The SMILES string of the molecule is CC(C)CNCc1cc2ccc(Cl)c(F)c2o1. The van der Waals surface area contributed by atoms with E-state index in [1.54, 1.807) is 12.1 Å². The monoisotopic (exact) mass is 255 g/mol. The van der Waals surface area contributed by atoms with E-state index in [1.807, 2.05) is 6.07 Å². The molecule has 1 aromatic carbocycles. The molecule has 1 aromatic heterocycles. The average molecular weight is 256 g/mol. The molecule has 2 rings (SSSR count). The van der Waals surface area contributed by atoms with Crippen molar-refractivity contribution >= 4 is 22.6 Å². The summed E-state index contributed by atoms with van der Waals surface area (Å²) in [5.74, 6) is 0.812. The van der Waals surface area contributed by atoms with Gasteiger partial charge in [-0.1, -0.05) is 25.4 Å². The number of rotatable bonds is 4. The highest BCUT2D eigenvalue weighted by atomic mass is 35.5. The molecule has 0 bridgehead atoms. The Kier molecular flexibility index (Phi) is 3.69. The van der Waals surface area contributed by atoms with Crippen LogP contribution in [-0.4, -0.2) is 6.54 Å². The summed E-state index contributed by atoms with van der Waals surface area (Å²) in [7, 11) is 0. The Morgan fingerprint density at radius 3 is 2.88 bits per heavy atom. The van der Waals surface area contributed by atoms with Crippen molar-refractivity contribution in [1.29, 1.82) is 0 Å². The van der Waals surface area contributed by atoms with Crippen molar-refractivity contribution in [2.45, 2.75) is 20.4 Å². The van der Waals surface area contributed by atoms with Gasteiger partial charge in [-0.05, 0) is 30.7 Å². The summed E-state index contributed by atoms with van der Waals surface area (Å²) >= 11 is 5.69. The number of hydrogen-bond donors (Lipinski definition) is 1. The molecule has 2 nitrogen and oxygen atoms in total. The lowest BCUT2D eigenvalue weighted by molar-refractivity contribution is 0.475. The van der Waals surface area contributed by atoms with E-state index in [2.05, 4.69) is 19.2 Å². The van der Waals surface area contributed by atoms with E-state index in [0.29, 0.717) is 12.5 Å². The lowest BCUT2D eigenvalue weighted by atomic mass is 10.2. The molecule has 0 saturated carbocycles. The molecule has 0 radical (unpaired) electrons. The van der Waals surface area contributed by atoms with Gasteiger partial charge in [-0.2, -0.15) is 0 Å². The molecule has 0 spiro atoms. The minimum Gasteiger partial charge on any atom is -0.457 e. The first-order valence-electron chi connectivity index (χ1n) is 5.65. The molecule has 0 aliphatic carbocycles. The summed E-state index contributed by atoms with van der Waals surface area (Å²) in [5.41, 5.74) is 0.235. The third-order valence-corrected chi connectivity index (χ3v) is 2.77.